The van der Waals surface area contributed by atoms with Gasteiger partial charge in [-0.2, -0.15) is 0 Å². The molecule has 1 aliphatic carbocycles. The summed E-state index contributed by atoms with van der Waals surface area (Å²) in [6, 6.07) is 1.87. The zero-order valence-electron chi connectivity index (χ0n) is 14.6. The minimum Gasteiger partial charge on any atom is -0.368 e. The summed E-state index contributed by atoms with van der Waals surface area (Å²) < 4.78 is 5.85. The maximum Gasteiger partial charge on any atom is 0.226 e. The largest absolute Gasteiger partial charge is 0.368 e. The van der Waals surface area contributed by atoms with Gasteiger partial charge < -0.3 is 14.5 Å². The number of hydrogen-bond acceptors (Lipinski definition) is 5. The number of allylic oxidation sites excluding steroid dienone is 1. The molecule has 1 aliphatic heterocycles. The van der Waals surface area contributed by atoms with E-state index in [2.05, 4.69) is 16.0 Å². The van der Waals surface area contributed by atoms with E-state index in [1.807, 2.05) is 30.0 Å². The predicted molar refractivity (Wildman–Crippen MR) is 92.8 cm³/mol. The Balaban J connectivity index is 1.64. The highest BCUT2D eigenvalue weighted by atomic mass is 16.5. The molecule has 0 unspecified atom stereocenters. The van der Waals surface area contributed by atoms with Gasteiger partial charge in [0.2, 0.25) is 11.9 Å². The van der Waals surface area contributed by atoms with Crippen LogP contribution in [0.4, 0.5) is 5.95 Å². The normalized spacial score (nSPS) is 21.3. The van der Waals surface area contributed by atoms with E-state index in [0.717, 1.165) is 18.5 Å². The Kier molecular flexibility index (Phi) is 5.45. The molecule has 0 bridgehead atoms. The minimum atomic E-state index is -0.176. The maximum atomic E-state index is 12.6. The van der Waals surface area contributed by atoms with Crippen molar-refractivity contribution < 1.29 is 9.53 Å². The fourth-order valence-electron chi connectivity index (χ4n) is 3.18. The van der Waals surface area contributed by atoms with Crippen LogP contribution in [0.1, 0.15) is 43.9 Å². The molecule has 0 N–H and O–H groups in total. The molecule has 0 saturated carbocycles. The van der Waals surface area contributed by atoms with Gasteiger partial charge in [-0.1, -0.05) is 11.6 Å². The number of rotatable bonds is 4. The molecular formula is C18H26N4O2. The molecule has 0 spiro atoms. The smallest absolute Gasteiger partial charge is 0.226 e. The third-order valence-electron chi connectivity index (χ3n) is 4.58. The fraction of sp³-hybridized carbons (Fsp3) is 0.611. The Morgan fingerprint density at radius 2 is 2.29 bits per heavy atom. The second kappa shape index (κ2) is 7.75. The zero-order chi connectivity index (χ0) is 16.9. The highest BCUT2D eigenvalue weighted by Gasteiger charge is 2.27. The topological polar surface area (TPSA) is 58.6 Å². The summed E-state index contributed by atoms with van der Waals surface area (Å²) in [4.78, 5) is 25.2. The Bertz CT molecular complexity index is 615. The van der Waals surface area contributed by atoms with E-state index >= 15 is 0 Å². The average molecular weight is 330 g/mol. The summed E-state index contributed by atoms with van der Waals surface area (Å²) in [5, 5.41) is 0. The van der Waals surface area contributed by atoms with Gasteiger partial charge in [-0.3, -0.25) is 4.79 Å². The van der Waals surface area contributed by atoms with Gasteiger partial charge in [0.05, 0.1) is 18.8 Å². The van der Waals surface area contributed by atoms with E-state index in [1.165, 1.54) is 18.4 Å². The molecule has 6 nitrogen and oxygen atoms in total. The Morgan fingerprint density at radius 3 is 3.04 bits per heavy atom. The molecule has 130 valence electrons. The Labute approximate surface area is 143 Å². The van der Waals surface area contributed by atoms with Crippen LogP contribution in [-0.2, 0) is 9.53 Å². The molecule has 24 heavy (non-hydrogen) atoms. The summed E-state index contributed by atoms with van der Waals surface area (Å²) in [5.41, 5.74) is 2.13. The van der Waals surface area contributed by atoms with Crippen molar-refractivity contribution in [1.29, 1.82) is 0 Å². The first-order valence-electron chi connectivity index (χ1n) is 8.71. The van der Waals surface area contributed by atoms with Gasteiger partial charge in [0.1, 0.15) is 6.10 Å². The highest BCUT2D eigenvalue weighted by molar-refractivity contribution is 5.78. The van der Waals surface area contributed by atoms with Gasteiger partial charge in [-0.25, -0.2) is 9.97 Å². The van der Waals surface area contributed by atoms with Gasteiger partial charge in [0, 0.05) is 33.3 Å². The van der Waals surface area contributed by atoms with E-state index in [0.29, 0.717) is 32.1 Å². The molecule has 2 aliphatic rings. The van der Waals surface area contributed by atoms with Crippen molar-refractivity contribution in [3.8, 4) is 0 Å². The van der Waals surface area contributed by atoms with Crippen molar-refractivity contribution in [2.24, 2.45) is 0 Å². The summed E-state index contributed by atoms with van der Waals surface area (Å²) in [6.45, 7) is 1.78. The van der Waals surface area contributed by atoms with E-state index in [9.17, 15) is 4.79 Å². The average Bonchev–Trinajstić information content (AvgIpc) is 2.63. The molecule has 1 fully saturated rings. The van der Waals surface area contributed by atoms with Crippen molar-refractivity contribution in [3.63, 3.8) is 0 Å². The first-order chi connectivity index (χ1) is 11.6. The fourth-order valence-corrected chi connectivity index (χ4v) is 3.18. The summed E-state index contributed by atoms with van der Waals surface area (Å²) in [6.07, 6.45) is 9.00. The second-order valence-electron chi connectivity index (χ2n) is 6.66. The van der Waals surface area contributed by atoms with Crippen LogP contribution < -0.4 is 4.90 Å². The highest BCUT2D eigenvalue weighted by Crippen LogP contribution is 2.25. The molecule has 2 heterocycles. The van der Waals surface area contributed by atoms with Crippen LogP contribution in [0.5, 0.6) is 0 Å². The SMILES string of the molecule is CN(C)c1nccc([C@H]2CN(C(=O)CC3=CCCCC3)CCO2)n1. The van der Waals surface area contributed by atoms with Gasteiger partial charge in [-0.05, 0) is 31.7 Å². The van der Waals surface area contributed by atoms with E-state index < -0.39 is 0 Å². The molecule has 6 heteroatoms. The van der Waals surface area contributed by atoms with Gasteiger partial charge in [0.15, 0.2) is 0 Å². The van der Waals surface area contributed by atoms with Crippen LogP contribution in [0, 0.1) is 0 Å². The number of aromatic nitrogens is 2. The first-order valence-corrected chi connectivity index (χ1v) is 8.71. The molecule has 1 aromatic heterocycles. The molecule has 1 saturated heterocycles. The summed E-state index contributed by atoms with van der Waals surface area (Å²) in [7, 11) is 3.82. The van der Waals surface area contributed by atoms with Gasteiger partial charge >= 0.3 is 0 Å². The quantitative estimate of drug-likeness (QED) is 0.793. The van der Waals surface area contributed by atoms with Crippen LogP contribution in [0.25, 0.3) is 0 Å². The molecular weight excluding hydrogens is 304 g/mol. The van der Waals surface area contributed by atoms with Crippen molar-refractivity contribution in [3.05, 3.63) is 29.6 Å². The van der Waals surface area contributed by atoms with E-state index in [-0.39, 0.29) is 12.0 Å². The van der Waals surface area contributed by atoms with Crippen LogP contribution in [0.15, 0.2) is 23.9 Å². The number of anilines is 1. The molecule has 0 aromatic carbocycles. The van der Waals surface area contributed by atoms with Crippen LogP contribution in [-0.4, -0.2) is 54.6 Å². The molecule has 0 radical (unpaired) electrons. The molecule has 3 rings (SSSR count). The maximum absolute atomic E-state index is 12.6. The van der Waals surface area contributed by atoms with E-state index in [4.69, 9.17) is 4.74 Å². The standard InChI is InChI=1S/C18H26N4O2/c1-21(2)18-19-9-8-15(20-18)16-13-22(10-11-24-16)17(23)12-14-6-4-3-5-7-14/h6,8-9,16H,3-5,7,10-13H2,1-2H3/t16-/m1/s1. The van der Waals surface area contributed by atoms with Crippen molar-refractivity contribution in [2.45, 2.75) is 38.2 Å². The molecule has 1 amide bonds. The van der Waals surface area contributed by atoms with Crippen LogP contribution >= 0.6 is 0 Å². The number of carbonyl (C=O) groups excluding carboxylic acids is 1. The lowest BCUT2D eigenvalue weighted by atomic mass is 9.96. The van der Waals surface area contributed by atoms with Crippen molar-refractivity contribution in [2.75, 3.05) is 38.7 Å². The zero-order valence-corrected chi connectivity index (χ0v) is 14.6. The first kappa shape index (κ1) is 16.9. The molecule has 1 aromatic rings. The number of nitrogens with zero attached hydrogens (tertiary/aromatic N) is 4. The van der Waals surface area contributed by atoms with Gasteiger partial charge in [-0.15, -0.1) is 0 Å². The summed E-state index contributed by atoms with van der Waals surface area (Å²) >= 11 is 0. The third-order valence-corrected chi connectivity index (χ3v) is 4.58. The lowest BCUT2D eigenvalue weighted by Gasteiger charge is -2.33. The minimum absolute atomic E-state index is 0.176. The number of amides is 1. The lowest BCUT2D eigenvalue weighted by Crippen LogP contribution is -2.42. The Hall–Kier alpha value is -1.95. The van der Waals surface area contributed by atoms with Crippen LogP contribution in [0.3, 0.4) is 0 Å². The van der Waals surface area contributed by atoms with Crippen molar-refractivity contribution in [1.82, 2.24) is 14.9 Å². The van der Waals surface area contributed by atoms with Gasteiger partial charge in [0.25, 0.3) is 0 Å². The monoisotopic (exact) mass is 330 g/mol. The predicted octanol–water partition coefficient (Wildman–Crippen LogP) is 2.33. The third kappa shape index (κ3) is 4.12. The van der Waals surface area contributed by atoms with E-state index in [1.54, 1.807) is 6.20 Å². The number of morpholine rings is 1. The number of carbonyl (C=O) groups is 1. The number of ether oxygens (including phenoxy) is 1. The van der Waals surface area contributed by atoms with Crippen LogP contribution in [0.2, 0.25) is 0 Å². The Morgan fingerprint density at radius 1 is 1.42 bits per heavy atom. The van der Waals surface area contributed by atoms with Crippen molar-refractivity contribution >= 4 is 11.9 Å². The second-order valence-corrected chi connectivity index (χ2v) is 6.66. The lowest BCUT2D eigenvalue weighted by molar-refractivity contribution is -0.138. The summed E-state index contributed by atoms with van der Waals surface area (Å²) in [5.74, 6) is 0.866. The number of hydrogen-bond donors (Lipinski definition) is 0. The molecule has 1 atom stereocenters.